The van der Waals surface area contributed by atoms with E-state index in [1.807, 2.05) is 56.3 Å². The predicted molar refractivity (Wildman–Crippen MR) is 116 cm³/mol. The highest BCUT2D eigenvalue weighted by molar-refractivity contribution is 5.74. The third kappa shape index (κ3) is 4.70. The Hall–Kier alpha value is -2.73. The van der Waals surface area contributed by atoms with E-state index in [1.54, 1.807) is 7.11 Å². The van der Waals surface area contributed by atoms with E-state index in [0.29, 0.717) is 37.7 Å². The van der Waals surface area contributed by atoms with E-state index in [0.717, 1.165) is 29.7 Å². The summed E-state index contributed by atoms with van der Waals surface area (Å²) in [5.41, 5.74) is 1.90. The molecule has 1 aliphatic heterocycles. The molecule has 1 aliphatic rings. The van der Waals surface area contributed by atoms with E-state index in [-0.39, 0.29) is 6.04 Å². The first-order valence-electron chi connectivity index (χ1n) is 10.6. The molecule has 0 aliphatic carbocycles. The predicted octanol–water partition coefficient (Wildman–Crippen LogP) is 4.52. The van der Waals surface area contributed by atoms with Crippen molar-refractivity contribution in [2.24, 2.45) is 0 Å². The molecule has 6 heteroatoms. The van der Waals surface area contributed by atoms with Crippen LogP contribution >= 0.6 is 0 Å². The molecule has 2 atom stereocenters. The van der Waals surface area contributed by atoms with Gasteiger partial charge in [-0.05, 0) is 57.0 Å². The Kier molecular flexibility index (Phi) is 7.57. The number of benzene rings is 2. The van der Waals surface area contributed by atoms with Gasteiger partial charge in [-0.15, -0.1) is 0 Å². The first-order valence-corrected chi connectivity index (χ1v) is 10.6. The van der Waals surface area contributed by atoms with Crippen molar-refractivity contribution < 1.29 is 24.1 Å². The van der Waals surface area contributed by atoms with Crippen LogP contribution in [-0.2, 0) is 4.79 Å². The van der Waals surface area contributed by atoms with Gasteiger partial charge in [0.1, 0.15) is 11.8 Å². The number of hydrogen-bond donors (Lipinski definition) is 1. The van der Waals surface area contributed by atoms with Gasteiger partial charge in [0.15, 0.2) is 11.5 Å². The number of piperidine rings is 1. The average Bonchev–Trinajstić information content (AvgIpc) is 2.76. The van der Waals surface area contributed by atoms with E-state index >= 15 is 0 Å². The van der Waals surface area contributed by atoms with Gasteiger partial charge in [0.25, 0.3) is 0 Å². The number of carbonyl (C=O) groups is 1. The highest BCUT2D eigenvalue weighted by Gasteiger charge is 2.36. The normalized spacial score (nSPS) is 17.9. The summed E-state index contributed by atoms with van der Waals surface area (Å²) in [7, 11) is 1.64. The molecule has 30 heavy (non-hydrogen) atoms. The van der Waals surface area contributed by atoms with Crippen molar-refractivity contribution in [1.82, 2.24) is 4.90 Å². The van der Waals surface area contributed by atoms with E-state index in [2.05, 4.69) is 4.90 Å². The summed E-state index contributed by atoms with van der Waals surface area (Å²) in [5, 5.41) is 9.91. The molecular weight excluding hydrogens is 382 g/mol. The van der Waals surface area contributed by atoms with Gasteiger partial charge in [-0.25, -0.2) is 0 Å². The number of rotatable bonds is 9. The van der Waals surface area contributed by atoms with Crippen molar-refractivity contribution in [2.75, 3.05) is 26.9 Å². The van der Waals surface area contributed by atoms with E-state index < -0.39 is 12.0 Å². The van der Waals surface area contributed by atoms with Crippen molar-refractivity contribution >= 4 is 5.97 Å². The molecule has 0 bridgehead atoms. The third-order valence-corrected chi connectivity index (χ3v) is 5.48. The lowest BCUT2D eigenvalue weighted by atomic mass is 9.91. The summed E-state index contributed by atoms with van der Waals surface area (Å²) in [4.78, 5) is 14.2. The summed E-state index contributed by atoms with van der Waals surface area (Å²) in [6, 6.07) is 12.9. The number of methoxy groups -OCH3 is 1. The molecule has 162 valence electrons. The molecule has 1 saturated heterocycles. The van der Waals surface area contributed by atoms with Crippen molar-refractivity contribution in [1.29, 1.82) is 0 Å². The molecule has 0 saturated carbocycles. The van der Waals surface area contributed by atoms with Crippen LogP contribution in [0, 0.1) is 0 Å². The second-order valence-electron chi connectivity index (χ2n) is 7.30. The van der Waals surface area contributed by atoms with Crippen LogP contribution in [0.1, 0.15) is 50.3 Å². The van der Waals surface area contributed by atoms with Crippen LogP contribution in [0.2, 0.25) is 0 Å². The van der Waals surface area contributed by atoms with Crippen LogP contribution in [-0.4, -0.2) is 48.9 Å². The third-order valence-electron chi connectivity index (χ3n) is 5.48. The van der Waals surface area contributed by atoms with E-state index in [9.17, 15) is 9.90 Å². The molecule has 1 heterocycles. The number of carboxylic acid groups (broad SMARTS) is 1. The zero-order chi connectivity index (χ0) is 21.5. The zero-order valence-electron chi connectivity index (χ0n) is 18.0. The second kappa shape index (κ2) is 10.3. The maximum absolute atomic E-state index is 12.1. The van der Waals surface area contributed by atoms with Gasteiger partial charge in [0.2, 0.25) is 0 Å². The summed E-state index contributed by atoms with van der Waals surface area (Å²) < 4.78 is 17.2. The lowest BCUT2D eigenvalue weighted by Crippen LogP contribution is -2.46. The van der Waals surface area contributed by atoms with Crippen LogP contribution in [0.15, 0.2) is 42.5 Å². The average molecular weight is 414 g/mol. The fourth-order valence-electron chi connectivity index (χ4n) is 4.21. The molecule has 2 aromatic rings. The summed E-state index contributed by atoms with van der Waals surface area (Å²) in [6.07, 6.45) is 2.51. The van der Waals surface area contributed by atoms with Crippen molar-refractivity contribution in [3.8, 4) is 17.2 Å². The smallest absolute Gasteiger partial charge is 0.320 e. The minimum Gasteiger partial charge on any atom is -0.496 e. The maximum Gasteiger partial charge on any atom is 0.320 e. The van der Waals surface area contributed by atoms with Crippen LogP contribution < -0.4 is 14.2 Å². The highest BCUT2D eigenvalue weighted by atomic mass is 16.5. The first-order chi connectivity index (χ1) is 14.6. The molecule has 0 amide bonds. The highest BCUT2D eigenvalue weighted by Crippen LogP contribution is 2.41. The summed E-state index contributed by atoms with van der Waals surface area (Å²) in [6.45, 7) is 5.64. The largest absolute Gasteiger partial charge is 0.496 e. The zero-order valence-corrected chi connectivity index (χ0v) is 18.0. The van der Waals surface area contributed by atoms with Gasteiger partial charge in [-0.3, -0.25) is 9.69 Å². The molecule has 2 unspecified atom stereocenters. The number of ether oxygens (including phenoxy) is 3. The lowest BCUT2D eigenvalue weighted by molar-refractivity contribution is -0.145. The minimum atomic E-state index is -0.787. The second-order valence-corrected chi connectivity index (χ2v) is 7.30. The van der Waals surface area contributed by atoms with Crippen LogP contribution in [0.5, 0.6) is 17.2 Å². The number of hydrogen-bond acceptors (Lipinski definition) is 5. The Morgan fingerprint density at radius 2 is 1.80 bits per heavy atom. The van der Waals surface area contributed by atoms with Gasteiger partial charge in [0.05, 0.1) is 26.4 Å². The van der Waals surface area contributed by atoms with Gasteiger partial charge in [-0.1, -0.05) is 30.7 Å². The summed E-state index contributed by atoms with van der Waals surface area (Å²) >= 11 is 0. The first kappa shape index (κ1) is 22.0. The number of nitrogens with zero attached hydrogens (tertiary/aromatic N) is 1. The van der Waals surface area contributed by atoms with E-state index in [1.165, 1.54) is 0 Å². The fraction of sp³-hybridized carbons (Fsp3) is 0.458. The molecule has 0 spiro atoms. The molecule has 6 nitrogen and oxygen atoms in total. The number of likely N-dealkylation sites (tertiary alicyclic amines) is 1. The topological polar surface area (TPSA) is 68.2 Å². The molecular formula is C24H31NO5. The fourth-order valence-corrected chi connectivity index (χ4v) is 4.21. The Bertz CT molecular complexity index is 853. The maximum atomic E-state index is 12.1. The molecule has 1 N–H and O–H groups in total. The quantitative estimate of drug-likeness (QED) is 0.652. The van der Waals surface area contributed by atoms with Crippen LogP contribution in [0.25, 0.3) is 0 Å². The summed E-state index contributed by atoms with van der Waals surface area (Å²) in [5.74, 6) is 1.31. The van der Waals surface area contributed by atoms with Gasteiger partial charge >= 0.3 is 5.97 Å². The van der Waals surface area contributed by atoms with Gasteiger partial charge in [-0.2, -0.15) is 0 Å². The van der Waals surface area contributed by atoms with Gasteiger partial charge in [0, 0.05) is 5.56 Å². The number of aliphatic carboxylic acids is 1. The Morgan fingerprint density at radius 1 is 1.07 bits per heavy atom. The van der Waals surface area contributed by atoms with Crippen LogP contribution in [0.3, 0.4) is 0 Å². The number of carboxylic acids is 1. The monoisotopic (exact) mass is 413 g/mol. The Morgan fingerprint density at radius 3 is 2.50 bits per heavy atom. The molecule has 1 fully saturated rings. The standard InChI is InChI=1S/C24H31NO5/c1-4-29-21-14-13-17(16-22(21)30-5-2)23(18-10-6-7-12-20(18)28-3)25-15-9-8-11-19(25)24(26)27/h6-7,10,12-14,16,19,23H,4-5,8-9,11,15H2,1-3H3,(H,26,27). The molecule has 2 aromatic carbocycles. The SMILES string of the molecule is CCOc1ccc(C(c2ccccc2OC)N2CCCCC2C(=O)O)cc1OCC. The lowest BCUT2D eigenvalue weighted by Gasteiger charge is -2.40. The van der Waals surface area contributed by atoms with Gasteiger partial charge < -0.3 is 19.3 Å². The molecule has 3 rings (SSSR count). The molecule has 0 aromatic heterocycles. The van der Waals surface area contributed by atoms with Crippen molar-refractivity contribution in [2.45, 2.75) is 45.2 Å². The Labute approximate surface area is 178 Å². The Balaban J connectivity index is 2.14. The van der Waals surface area contributed by atoms with Crippen molar-refractivity contribution in [3.05, 3.63) is 53.6 Å². The van der Waals surface area contributed by atoms with Crippen LogP contribution in [0.4, 0.5) is 0 Å². The van der Waals surface area contributed by atoms with E-state index in [4.69, 9.17) is 14.2 Å². The minimum absolute atomic E-state index is 0.266. The number of para-hydroxylation sites is 1. The van der Waals surface area contributed by atoms with Crippen molar-refractivity contribution in [3.63, 3.8) is 0 Å². The molecule has 0 radical (unpaired) electrons.